The Labute approximate surface area is 177 Å². The van der Waals surface area contributed by atoms with E-state index in [0.717, 1.165) is 48.6 Å². The lowest BCUT2D eigenvalue weighted by Gasteiger charge is -2.57. The molecule has 0 spiro atoms. The SMILES string of the molecule is O=C(NC12CC3CC(CC(C3)C1)C2)N1C[C@H]2CCN(CC3CCCC3)CC[C@H]2C1. The molecule has 162 valence electrons. The fourth-order valence-electron chi connectivity index (χ4n) is 8.88. The molecule has 0 aromatic carbocycles. The van der Waals surface area contributed by atoms with Gasteiger partial charge in [0.05, 0.1) is 0 Å². The van der Waals surface area contributed by atoms with Crippen molar-refractivity contribution in [3.63, 3.8) is 0 Å². The summed E-state index contributed by atoms with van der Waals surface area (Å²) in [5, 5.41) is 3.63. The van der Waals surface area contributed by atoms with Gasteiger partial charge in [-0.05, 0) is 113 Å². The molecule has 7 aliphatic rings. The normalized spacial score (nSPS) is 44.8. The van der Waals surface area contributed by atoms with Crippen molar-refractivity contribution in [3.05, 3.63) is 0 Å². The zero-order valence-corrected chi connectivity index (χ0v) is 18.3. The van der Waals surface area contributed by atoms with E-state index in [2.05, 4.69) is 15.1 Å². The first kappa shape index (κ1) is 19.0. The Bertz CT molecular complexity index is 576. The molecule has 1 N–H and O–H groups in total. The smallest absolute Gasteiger partial charge is 0.317 e. The Kier molecular flexibility index (Phi) is 4.85. The number of hydrogen-bond donors (Lipinski definition) is 1. The maximum atomic E-state index is 13.3. The summed E-state index contributed by atoms with van der Waals surface area (Å²) in [5.41, 5.74) is 0.161. The molecule has 7 fully saturated rings. The first-order valence-electron chi connectivity index (χ1n) is 12.9. The van der Waals surface area contributed by atoms with E-state index in [1.165, 1.54) is 96.7 Å². The van der Waals surface area contributed by atoms with E-state index in [-0.39, 0.29) is 11.6 Å². The molecule has 2 atom stereocenters. The second-order valence-corrected chi connectivity index (χ2v) is 12.1. The summed E-state index contributed by atoms with van der Waals surface area (Å²) in [6.45, 7) is 5.90. The van der Waals surface area contributed by atoms with Crippen molar-refractivity contribution in [2.45, 2.75) is 82.6 Å². The lowest BCUT2D eigenvalue weighted by atomic mass is 9.53. The molecule has 29 heavy (non-hydrogen) atoms. The number of nitrogens with zero attached hydrogens (tertiary/aromatic N) is 2. The van der Waals surface area contributed by atoms with E-state index < -0.39 is 0 Å². The van der Waals surface area contributed by atoms with E-state index in [0.29, 0.717) is 0 Å². The van der Waals surface area contributed by atoms with Gasteiger partial charge >= 0.3 is 6.03 Å². The van der Waals surface area contributed by atoms with Crippen LogP contribution in [0.1, 0.15) is 77.0 Å². The third kappa shape index (κ3) is 3.72. The summed E-state index contributed by atoms with van der Waals surface area (Å²) in [4.78, 5) is 18.2. The zero-order chi connectivity index (χ0) is 19.4. The Morgan fingerprint density at radius 2 is 1.38 bits per heavy atom. The molecule has 2 amide bonds. The van der Waals surface area contributed by atoms with Gasteiger partial charge in [0.2, 0.25) is 0 Å². The monoisotopic (exact) mass is 399 g/mol. The van der Waals surface area contributed by atoms with Gasteiger partial charge in [0, 0.05) is 25.2 Å². The molecule has 5 aliphatic carbocycles. The molecule has 7 rings (SSSR count). The van der Waals surface area contributed by atoms with E-state index in [1.807, 2.05) is 0 Å². The van der Waals surface area contributed by atoms with Gasteiger partial charge in [-0.2, -0.15) is 0 Å². The highest BCUT2D eigenvalue weighted by Gasteiger charge is 2.52. The number of nitrogens with one attached hydrogen (secondary N) is 1. The van der Waals surface area contributed by atoms with Crippen molar-refractivity contribution >= 4 is 6.03 Å². The van der Waals surface area contributed by atoms with Gasteiger partial charge in [0.1, 0.15) is 0 Å². The minimum Gasteiger partial charge on any atom is -0.333 e. The maximum Gasteiger partial charge on any atom is 0.317 e. The van der Waals surface area contributed by atoms with Crippen LogP contribution >= 0.6 is 0 Å². The van der Waals surface area contributed by atoms with Crippen LogP contribution in [0, 0.1) is 35.5 Å². The molecule has 2 aliphatic heterocycles. The molecule has 0 aromatic rings. The molecule has 0 unspecified atom stereocenters. The van der Waals surface area contributed by atoms with Gasteiger partial charge in [0.25, 0.3) is 0 Å². The molecule has 5 saturated carbocycles. The summed E-state index contributed by atoms with van der Waals surface area (Å²) < 4.78 is 0. The van der Waals surface area contributed by atoms with Crippen LogP contribution in [0.4, 0.5) is 4.79 Å². The first-order valence-corrected chi connectivity index (χ1v) is 12.9. The van der Waals surface area contributed by atoms with Gasteiger partial charge in [-0.15, -0.1) is 0 Å². The number of urea groups is 1. The highest BCUT2D eigenvalue weighted by Crippen LogP contribution is 2.55. The third-order valence-corrected chi connectivity index (χ3v) is 9.90. The predicted molar refractivity (Wildman–Crippen MR) is 116 cm³/mol. The number of amides is 2. The summed E-state index contributed by atoms with van der Waals surface area (Å²) in [7, 11) is 0. The molecule has 2 heterocycles. The van der Waals surface area contributed by atoms with E-state index >= 15 is 0 Å². The van der Waals surface area contributed by atoms with E-state index in [9.17, 15) is 4.79 Å². The lowest BCUT2D eigenvalue weighted by Crippen LogP contribution is -2.61. The highest BCUT2D eigenvalue weighted by atomic mass is 16.2. The summed E-state index contributed by atoms with van der Waals surface area (Å²) >= 11 is 0. The van der Waals surface area contributed by atoms with Crippen LogP contribution in [0.15, 0.2) is 0 Å². The van der Waals surface area contributed by atoms with Crippen molar-refractivity contribution in [2.75, 3.05) is 32.7 Å². The molecule has 2 saturated heterocycles. The van der Waals surface area contributed by atoms with Crippen LogP contribution in [-0.4, -0.2) is 54.1 Å². The highest BCUT2D eigenvalue weighted by molar-refractivity contribution is 5.75. The number of likely N-dealkylation sites (tertiary alicyclic amines) is 2. The van der Waals surface area contributed by atoms with Crippen molar-refractivity contribution in [3.8, 4) is 0 Å². The lowest BCUT2D eigenvalue weighted by molar-refractivity contribution is -0.0154. The molecular formula is C25H41N3O. The van der Waals surface area contributed by atoms with Crippen LogP contribution in [0.5, 0.6) is 0 Å². The summed E-state index contributed by atoms with van der Waals surface area (Å²) in [5.74, 6) is 5.15. The van der Waals surface area contributed by atoms with Crippen molar-refractivity contribution in [1.29, 1.82) is 0 Å². The third-order valence-electron chi connectivity index (χ3n) is 9.90. The van der Waals surface area contributed by atoms with Crippen LogP contribution in [0.2, 0.25) is 0 Å². The van der Waals surface area contributed by atoms with Crippen molar-refractivity contribution in [2.24, 2.45) is 35.5 Å². The average molecular weight is 400 g/mol. The minimum absolute atomic E-state index is 0.161. The Balaban J connectivity index is 1.03. The largest absolute Gasteiger partial charge is 0.333 e. The molecule has 0 aromatic heterocycles. The molecule has 0 radical (unpaired) electrons. The quantitative estimate of drug-likeness (QED) is 0.758. The fraction of sp³-hybridized carbons (Fsp3) is 0.960. The molecule has 4 heteroatoms. The number of carbonyl (C=O) groups excluding carboxylic acids is 1. The van der Waals surface area contributed by atoms with Gasteiger partial charge in [-0.1, -0.05) is 12.8 Å². The number of hydrogen-bond acceptors (Lipinski definition) is 2. The van der Waals surface area contributed by atoms with Crippen LogP contribution in [-0.2, 0) is 0 Å². The van der Waals surface area contributed by atoms with Crippen LogP contribution in [0.25, 0.3) is 0 Å². The van der Waals surface area contributed by atoms with E-state index in [4.69, 9.17) is 0 Å². The van der Waals surface area contributed by atoms with Crippen LogP contribution < -0.4 is 5.32 Å². The minimum atomic E-state index is 0.161. The molecular weight excluding hydrogens is 358 g/mol. The molecule has 4 bridgehead atoms. The molecule has 4 nitrogen and oxygen atoms in total. The Morgan fingerprint density at radius 1 is 0.828 bits per heavy atom. The summed E-state index contributed by atoms with van der Waals surface area (Å²) in [6, 6.07) is 0.280. The second kappa shape index (κ2) is 7.43. The van der Waals surface area contributed by atoms with Gasteiger partial charge < -0.3 is 15.1 Å². The number of rotatable bonds is 3. The zero-order valence-electron chi connectivity index (χ0n) is 18.3. The van der Waals surface area contributed by atoms with Crippen LogP contribution in [0.3, 0.4) is 0 Å². The predicted octanol–water partition coefficient (Wildman–Crippen LogP) is 4.50. The average Bonchev–Trinajstić information content (AvgIpc) is 3.28. The summed E-state index contributed by atoms with van der Waals surface area (Å²) in [6.07, 6.45) is 16.6. The van der Waals surface area contributed by atoms with Crippen molar-refractivity contribution in [1.82, 2.24) is 15.1 Å². The first-order chi connectivity index (χ1) is 14.1. The topological polar surface area (TPSA) is 35.6 Å². The Morgan fingerprint density at radius 3 is 1.93 bits per heavy atom. The maximum absolute atomic E-state index is 13.3. The number of fused-ring (bicyclic) bond motifs is 1. The van der Waals surface area contributed by atoms with Gasteiger partial charge in [0.15, 0.2) is 0 Å². The van der Waals surface area contributed by atoms with E-state index in [1.54, 1.807) is 0 Å². The van der Waals surface area contributed by atoms with Gasteiger partial charge in [-0.25, -0.2) is 4.79 Å². The Hall–Kier alpha value is -0.770. The number of carbonyl (C=O) groups is 1. The van der Waals surface area contributed by atoms with Gasteiger partial charge in [-0.3, -0.25) is 0 Å². The fourth-order valence-corrected chi connectivity index (χ4v) is 8.88. The standard InChI is InChI=1S/C25H41N3O/c29-24(26-25-12-19-9-20(13-25)11-21(10-19)14-25)28-16-22-5-7-27(8-6-23(22)17-28)15-18-3-1-2-4-18/h18-23H,1-17H2,(H,26,29)/t19?,20?,21?,22-,23+,25?. The van der Waals surface area contributed by atoms with Crippen molar-refractivity contribution < 1.29 is 4.79 Å². The second-order valence-electron chi connectivity index (χ2n) is 12.1.